The van der Waals surface area contributed by atoms with Crippen LogP contribution in [-0.4, -0.2) is 0 Å². The van der Waals surface area contributed by atoms with Gasteiger partial charge in [-0.15, -0.1) is 0 Å². The van der Waals surface area contributed by atoms with Gasteiger partial charge >= 0.3 is 0 Å². The Morgan fingerprint density at radius 3 is 0.786 bits per heavy atom. The topological polar surface area (TPSA) is 0 Å². The van der Waals surface area contributed by atoms with Gasteiger partial charge in [0, 0.05) is 0 Å². The lowest BCUT2D eigenvalue weighted by molar-refractivity contribution is 0.351. The molecule has 0 amide bonds. The molecular formula is C14H28. The molecule has 2 rings (SSSR count). The van der Waals surface area contributed by atoms with E-state index in [1.807, 2.05) is 0 Å². The average Bonchev–Trinajstić information content (AvgIpc) is 2.81. The molecule has 2 fully saturated rings. The second-order valence-electron chi connectivity index (χ2n) is 7.28. The summed E-state index contributed by atoms with van der Waals surface area (Å²) in [4.78, 5) is 0. The molecule has 0 aromatic heterocycles. The summed E-state index contributed by atoms with van der Waals surface area (Å²) in [6.45, 7) is 13.9. The Morgan fingerprint density at radius 2 is 0.786 bits per heavy atom. The molecule has 0 radical (unpaired) electrons. The molecular weight excluding hydrogens is 168 g/mol. The molecule has 0 aliphatic heterocycles. The minimum absolute atomic E-state index is 0.611. The Hall–Kier alpha value is 0. The van der Waals surface area contributed by atoms with E-state index in [4.69, 9.17) is 0 Å². The van der Waals surface area contributed by atoms with Crippen LogP contribution in [0.4, 0.5) is 0 Å². The smallest absolute Gasteiger partial charge is 0.0354 e. The molecule has 0 bridgehead atoms. The van der Waals surface area contributed by atoms with Crippen LogP contribution < -0.4 is 0 Å². The Morgan fingerprint density at radius 1 is 0.571 bits per heavy atom. The standard InChI is InChI=1S/2C7H14/c2*1-7(2,3)6-4-5-6/h2*6H,4-5H2,1-3H3. The summed E-state index contributed by atoms with van der Waals surface area (Å²) < 4.78 is 0. The van der Waals surface area contributed by atoms with Crippen LogP contribution in [0.3, 0.4) is 0 Å². The average molecular weight is 196 g/mol. The monoisotopic (exact) mass is 196 g/mol. The summed E-state index contributed by atoms with van der Waals surface area (Å²) in [7, 11) is 0. The molecule has 0 nitrogen and oxygen atoms in total. The molecule has 0 heterocycles. The van der Waals surface area contributed by atoms with Gasteiger partial charge in [-0.25, -0.2) is 0 Å². The van der Waals surface area contributed by atoms with Crippen LogP contribution in [0, 0.1) is 22.7 Å². The Balaban J connectivity index is 0.000000140. The zero-order valence-corrected chi connectivity index (χ0v) is 11.0. The molecule has 0 aromatic carbocycles. The van der Waals surface area contributed by atoms with Crippen molar-refractivity contribution < 1.29 is 0 Å². The molecule has 0 aromatic rings. The summed E-state index contributed by atoms with van der Waals surface area (Å²) in [5.41, 5.74) is 1.22. The lowest BCUT2D eigenvalue weighted by Crippen LogP contribution is -2.06. The van der Waals surface area contributed by atoms with Gasteiger partial charge in [0.1, 0.15) is 0 Å². The van der Waals surface area contributed by atoms with Gasteiger partial charge in [0.25, 0.3) is 0 Å². The third-order valence-corrected chi connectivity index (χ3v) is 3.60. The minimum atomic E-state index is 0.611. The fourth-order valence-corrected chi connectivity index (χ4v) is 1.90. The van der Waals surface area contributed by atoms with E-state index < -0.39 is 0 Å². The first-order chi connectivity index (χ1) is 6.21. The Bertz CT molecular complexity index is 147. The number of hydrogen-bond donors (Lipinski definition) is 0. The maximum atomic E-state index is 2.32. The molecule has 0 atom stereocenters. The van der Waals surface area contributed by atoms with Gasteiger partial charge in [0.2, 0.25) is 0 Å². The van der Waals surface area contributed by atoms with Crippen molar-refractivity contribution >= 4 is 0 Å². The first kappa shape index (κ1) is 12.1. The number of hydrogen-bond acceptors (Lipinski definition) is 0. The predicted molar refractivity (Wildman–Crippen MR) is 64.4 cm³/mol. The molecule has 0 heteroatoms. The molecule has 2 aliphatic carbocycles. The predicted octanol–water partition coefficient (Wildman–Crippen LogP) is 4.89. The van der Waals surface area contributed by atoms with Crippen molar-refractivity contribution in [1.82, 2.24) is 0 Å². The van der Waals surface area contributed by atoms with E-state index in [1.54, 1.807) is 0 Å². The van der Waals surface area contributed by atoms with Crippen LogP contribution in [0.5, 0.6) is 0 Å². The highest BCUT2D eigenvalue weighted by Crippen LogP contribution is 2.44. The zero-order valence-electron chi connectivity index (χ0n) is 11.0. The zero-order chi connectivity index (χ0) is 11.0. The highest BCUT2D eigenvalue weighted by Gasteiger charge is 2.33. The van der Waals surface area contributed by atoms with Gasteiger partial charge in [0.05, 0.1) is 0 Å². The summed E-state index contributed by atoms with van der Waals surface area (Å²) in [6.07, 6.45) is 5.90. The lowest BCUT2D eigenvalue weighted by Gasteiger charge is -2.15. The van der Waals surface area contributed by atoms with Crippen LogP contribution in [0.25, 0.3) is 0 Å². The largest absolute Gasteiger partial charge is 0.0599 e. The number of rotatable bonds is 0. The van der Waals surface area contributed by atoms with Crippen LogP contribution in [0.15, 0.2) is 0 Å². The molecule has 2 saturated carbocycles. The van der Waals surface area contributed by atoms with Crippen molar-refractivity contribution in [3.63, 3.8) is 0 Å². The van der Waals surface area contributed by atoms with Gasteiger partial charge in [-0.3, -0.25) is 0 Å². The van der Waals surface area contributed by atoms with E-state index >= 15 is 0 Å². The van der Waals surface area contributed by atoms with Gasteiger partial charge in [0.15, 0.2) is 0 Å². The van der Waals surface area contributed by atoms with Crippen LogP contribution >= 0.6 is 0 Å². The van der Waals surface area contributed by atoms with Crippen molar-refractivity contribution in [3.05, 3.63) is 0 Å². The van der Waals surface area contributed by atoms with E-state index in [0.717, 1.165) is 11.8 Å². The molecule has 14 heavy (non-hydrogen) atoms. The van der Waals surface area contributed by atoms with Crippen molar-refractivity contribution in [3.8, 4) is 0 Å². The highest BCUT2D eigenvalue weighted by molar-refractivity contribution is 4.84. The molecule has 2 aliphatic rings. The normalized spacial score (nSPS) is 22.7. The third kappa shape index (κ3) is 4.48. The van der Waals surface area contributed by atoms with Crippen LogP contribution in [-0.2, 0) is 0 Å². The van der Waals surface area contributed by atoms with Crippen molar-refractivity contribution in [1.29, 1.82) is 0 Å². The van der Waals surface area contributed by atoms with E-state index in [2.05, 4.69) is 41.5 Å². The summed E-state index contributed by atoms with van der Waals surface area (Å²) in [6, 6.07) is 0. The van der Waals surface area contributed by atoms with Crippen LogP contribution in [0.1, 0.15) is 67.2 Å². The second kappa shape index (κ2) is 3.87. The molecule has 84 valence electrons. The Kier molecular flexibility index (Phi) is 3.33. The van der Waals surface area contributed by atoms with Crippen LogP contribution in [0.2, 0.25) is 0 Å². The van der Waals surface area contributed by atoms with Crippen molar-refractivity contribution in [2.24, 2.45) is 22.7 Å². The quantitative estimate of drug-likeness (QED) is 0.518. The first-order valence-corrected chi connectivity index (χ1v) is 6.21. The van der Waals surface area contributed by atoms with Gasteiger partial charge in [-0.1, -0.05) is 41.5 Å². The minimum Gasteiger partial charge on any atom is -0.0599 e. The van der Waals surface area contributed by atoms with Crippen molar-refractivity contribution in [2.75, 3.05) is 0 Å². The fourth-order valence-electron chi connectivity index (χ4n) is 1.90. The first-order valence-electron chi connectivity index (χ1n) is 6.21. The van der Waals surface area contributed by atoms with Crippen molar-refractivity contribution in [2.45, 2.75) is 67.2 Å². The van der Waals surface area contributed by atoms with E-state index in [0.29, 0.717) is 10.8 Å². The summed E-state index contributed by atoms with van der Waals surface area (Å²) >= 11 is 0. The third-order valence-electron chi connectivity index (χ3n) is 3.60. The summed E-state index contributed by atoms with van der Waals surface area (Å²) in [5, 5.41) is 0. The SMILES string of the molecule is CC(C)(C)C1CC1.CC(C)(C)C1CC1. The Labute approximate surface area is 90.5 Å². The van der Waals surface area contributed by atoms with Gasteiger partial charge in [-0.2, -0.15) is 0 Å². The van der Waals surface area contributed by atoms with E-state index in [-0.39, 0.29) is 0 Å². The lowest BCUT2D eigenvalue weighted by atomic mass is 9.91. The fraction of sp³-hybridized carbons (Fsp3) is 1.00. The second-order valence-corrected chi connectivity index (χ2v) is 7.28. The molecule has 0 unspecified atom stereocenters. The van der Waals surface area contributed by atoms with Gasteiger partial charge in [-0.05, 0) is 48.3 Å². The highest BCUT2D eigenvalue weighted by atomic mass is 14.4. The molecule has 0 N–H and O–H groups in total. The van der Waals surface area contributed by atoms with E-state index in [9.17, 15) is 0 Å². The van der Waals surface area contributed by atoms with E-state index in [1.165, 1.54) is 25.7 Å². The molecule has 0 saturated heterocycles. The molecule has 0 spiro atoms. The summed E-state index contributed by atoms with van der Waals surface area (Å²) in [5.74, 6) is 2.10. The maximum absolute atomic E-state index is 2.32. The maximum Gasteiger partial charge on any atom is -0.0354 e. The van der Waals surface area contributed by atoms with Gasteiger partial charge < -0.3 is 0 Å².